The zero-order chi connectivity index (χ0) is 24.6. The van der Waals surface area contributed by atoms with Gasteiger partial charge in [-0.05, 0) is 38.1 Å². The van der Waals surface area contributed by atoms with Crippen molar-refractivity contribution in [2.75, 3.05) is 10.7 Å². The normalized spacial score (nSPS) is 11.3. The van der Waals surface area contributed by atoms with Crippen molar-refractivity contribution in [3.8, 4) is 17.3 Å². The first-order valence-corrected chi connectivity index (χ1v) is 11.5. The molecule has 0 unspecified atom stereocenters. The monoisotopic (exact) mass is 479 g/mol. The van der Waals surface area contributed by atoms with Gasteiger partial charge in [-0.15, -0.1) is 10.2 Å². The molecule has 0 saturated carbocycles. The lowest BCUT2D eigenvalue weighted by molar-refractivity contribution is -0.110. The van der Waals surface area contributed by atoms with E-state index < -0.39 is 5.91 Å². The number of aryl methyl sites for hydroxylation is 2. The first-order chi connectivity index (χ1) is 17.0. The van der Waals surface area contributed by atoms with E-state index >= 15 is 0 Å². The van der Waals surface area contributed by atoms with Crippen molar-refractivity contribution in [2.24, 2.45) is 15.3 Å². The van der Waals surface area contributed by atoms with E-state index in [0.29, 0.717) is 22.1 Å². The van der Waals surface area contributed by atoms with Crippen molar-refractivity contribution >= 4 is 44.5 Å². The number of anilines is 2. The molecule has 3 aromatic carbocycles. The van der Waals surface area contributed by atoms with Crippen LogP contribution in [0.3, 0.4) is 0 Å². The van der Waals surface area contributed by atoms with E-state index in [0.717, 1.165) is 28.0 Å². The highest BCUT2D eigenvalue weighted by Gasteiger charge is 2.18. The summed E-state index contributed by atoms with van der Waals surface area (Å²) >= 11 is 1.16. The molecule has 0 aliphatic rings. The number of amides is 1. The fourth-order valence-electron chi connectivity index (χ4n) is 2.96. The molecule has 0 aliphatic heterocycles. The summed E-state index contributed by atoms with van der Waals surface area (Å²) in [4.78, 5) is 17.2. The predicted octanol–water partition coefficient (Wildman–Crippen LogP) is 6.77. The van der Waals surface area contributed by atoms with Gasteiger partial charge in [0, 0.05) is 5.56 Å². The van der Waals surface area contributed by atoms with Crippen molar-refractivity contribution in [1.82, 2.24) is 4.98 Å². The number of aromatic nitrogens is 1. The lowest BCUT2D eigenvalue weighted by atomic mass is 10.2. The van der Waals surface area contributed by atoms with Gasteiger partial charge >= 0.3 is 0 Å². The second-order valence-electron chi connectivity index (χ2n) is 7.58. The zero-order valence-corrected chi connectivity index (χ0v) is 19.9. The SMILES string of the molecule is Cc1ccc(N=Nc2sc(NC(=O)/C(C#N)=N\Nc3ccc(C)cc3)nc2-c2ccccc2)cc1. The number of hydrogen-bond acceptors (Lipinski definition) is 8. The van der Waals surface area contributed by atoms with E-state index in [1.54, 1.807) is 0 Å². The molecule has 1 heterocycles. The van der Waals surface area contributed by atoms with E-state index in [9.17, 15) is 10.1 Å². The molecule has 8 nitrogen and oxygen atoms in total. The largest absolute Gasteiger partial charge is 0.296 e. The maximum Gasteiger partial charge on any atom is 0.288 e. The summed E-state index contributed by atoms with van der Waals surface area (Å²) in [5.41, 5.74) is 7.39. The molecule has 0 fully saturated rings. The number of rotatable bonds is 7. The fraction of sp³-hybridized carbons (Fsp3) is 0.0769. The summed E-state index contributed by atoms with van der Waals surface area (Å²) in [7, 11) is 0. The molecule has 0 atom stereocenters. The van der Waals surface area contributed by atoms with Crippen molar-refractivity contribution in [3.63, 3.8) is 0 Å². The molecule has 1 aromatic heterocycles. The van der Waals surface area contributed by atoms with E-state index in [2.05, 4.69) is 31.1 Å². The van der Waals surface area contributed by atoms with E-state index in [-0.39, 0.29) is 10.8 Å². The van der Waals surface area contributed by atoms with Gasteiger partial charge in [-0.1, -0.05) is 77.1 Å². The fourth-order valence-corrected chi connectivity index (χ4v) is 3.77. The molecule has 9 heteroatoms. The number of nitriles is 1. The molecule has 0 bridgehead atoms. The molecule has 1 amide bonds. The van der Waals surface area contributed by atoms with Gasteiger partial charge in [0.2, 0.25) is 5.71 Å². The van der Waals surface area contributed by atoms with Crippen LogP contribution in [0.4, 0.5) is 21.5 Å². The number of azo groups is 1. The Balaban J connectivity index is 1.57. The number of hydrazone groups is 1. The second-order valence-corrected chi connectivity index (χ2v) is 8.56. The van der Waals surface area contributed by atoms with Crippen LogP contribution in [-0.4, -0.2) is 16.6 Å². The number of carbonyl (C=O) groups is 1. The summed E-state index contributed by atoms with van der Waals surface area (Å²) < 4.78 is 0. The number of nitrogens with zero attached hydrogens (tertiary/aromatic N) is 5. The first kappa shape index (κ1) is 23.5. The maximum atomic E-state index is 12.7. The Morgan fingerprint density at radius 3 is 2.23 bits per heavy atom. The molecule has 4 aromatic rings. The standard InChI is InChI=1S/C26H21N7OS/c1-17-8-12-20(13-9-17)30-32-22(16-27)24(34)29-26-28-23(19-6-4-3-5-7-19)25(35-26)33-31-21-14-10-18(2)11-15-21/h3-15,30H,1-2H3,(H,28,29,34)/b32-22-,33-31?. The molecular weight excluding hydrogens is 458 g/mol. The lowest BCUT2D eigenvalue weighted by Gasteiger charge is -2.02. The van der Waals surface area contributed by atoms with Crippen LogP contribution in [0, 0.1) is 25.2 Å². The highest BCUT2D eigenvalue weighted by Crippen LogP contribution is 2.39. The second kappa shape index (κ2) is 11.0. The van der Waals surface area contributed by atoms with E-state index in [1.165, 1.54) is 0 Å². The number of hydrogen-bond donors (Lipinski definition) is 2. The quantitative estimate of drug-likeness (QED) is 0.173. The van der Waals surface area contributed by atoms with Crippen LogP contribution >= 0.6 is 11.3 Å². The van der Waals surface area contributed by atoms with Crippen molar-refractivity contribution in [1.29, 1.82) is 5.26 Å². The Morgan fingerprint density at radius 1 is 0.914 bits per heavy atom. The van der Waals surface area contributed by atoms with Gasteiger partial charge in [-0.25, -0.2) is 4.98 Å². The van der Waals surface area contributed by atoms with Crippen LogP contribution in [-0.2, 0) is 4.79 Å². The van der Waals surface area contributed by atoms with Crippen LogP contribution in [0.25, 0.3) is 11.3 Å². The molecule has 4 rings (SSSR count). The van der Waals surface area contributed by atoms with Crippen molar-refractivity contribution in [2.45, 2.75) is 13.8 Å². The van der Waals surface area contributed by atoms with Crippen LogP contribution < -0.4 is 10.7 Å². The van der Waals surface area contributed by atoms with Gasteiger partial charge in [0.1, 0.15) is 11.8 Å². The summed E-state index contributed by atoms with van der Waals surface area (Å²) in [6, 6.07) is 26.4. The van der Waals surface area contributed by atoms with Crippen LogP contribution in [0.15, 0.2) is 94.2 Å². The molecule has 35 heavy (non-hydrogen) atoms. The Hall–Kier alpha value is -4.68. The molecule has 0 radical (unpaired) electrons. The van der Waals surface area contributed by atoms with Gasteiger partial charge in [0.15, 0.2) is 10.1 Å². The lowest BCUT2D eigenvalue weighted by Crippen LogP contribution is -2.22. The highest BCUT2D eigenvalue weighted by atomic mass is 32.1. The molecule has 0 aliphatic carbocycles. The van der Waals surface area contributed by atoms with E-state index in [4.69, 9.17) is 0 Å². The van der Waals surface area contributed by atoms with Crippen LogP contribution in [0.1, 0.15) is 11.1 Å². The third kappa shape index (κ3) is 6.22. The third-order valence-electron chi connectivity index (χ3n) is 4.84. The first-order valence-electron chi connectivity index (χ1n) is 10.7. The minimum atomic E-state index is -0.678. The number of benzene rings is 3. The Morgan fingerprint density at radius 2 is 1.57 bits per heavy atom. The predicted molar refractivity (Wildman–Crippen MR) is 139 cm³/mol. The number of carbonyl (C=O) groups excluding carboxylic acids is 1. The van der Waals surface area contributed by atoms with Crippen LogP contribution in [0.5, 0.6) is 0 Å². The molecular formula is C26H21N7OS. The topological polar surface area (TPSA) is 115 Å². The summed E-state index contributed by atoms with van der Waals surface area (Å²) in [6.45, 7) is 3.97. The third-order valence-corrected chi connectivity index (χ3v) is 5.69. The summed E-state index contributed by atoms with van der Waals surface area (Å²) in [5, 5.41) is 25.5. The minimum absolute atomic E-state index is 0.282. The van der Waals surface area contributed by atoms with Crippen LogP contribution in [0.2, 0.25) is 0 Å². The number of nitrogens with one attached hydrogen (secondary N) is 2. The van der Waals surface area contributed by atoms with Gasteiger partial charge in [0.25, 0.3) is 5.91 Å². The average molecular weight is 480 g/mol. The summed E-state index contributed by atoms with van der Waals surface area (Å²) in [6.07, 6.45) is 0. The molecule has 172 valence electrons. The molecule has 0 saturated heterocycles. The Labute approximate surface area is 206 Å². The van der Waals surface area contributed by atoms with Gasteiger partial charge in [-0.3, -0.25) is 15.5 Å². The van der Waals surface area contributed by atoms with Crippen molar-refractivity contribution < 1.29 is 4.79 Å². The molecule has 2 N–H and O–H groups in total. The number of thiazole rings is 1. The maximum absolute atomic E-state index is 12.7. The van der Waals surface area contributed by atoms with Gasteiger partial charge < -0.3 is 0 Å². The zero-order valence-electron chi connectivity index (χ0n) is 19.1. The minimum Gasteiger partial charge on any atom is -0.296 e. The van der Waals surface area contributed by atoms with E-state index in [1.807, 2.05) is 98.8 Å². The van der Waals surface area contributed by atoms with Crippen molar-refractivity contribution in [3.05, 3.63) is 90.0 Å². The highest BCUT2D eigenvalue weighted by molar-refractivity contribution is 7.20. The molecule has 0 spiro atoms. The van der Waals surface area contributed by atoms with Gasteiger partial charge in [0.05, 0.1) is 11.4 Å². The van der Waals surface area contributed by atoms with Gasteiger partial charge in [-0.2, -0.15) is 10.4 Å². The Bertz CT molecular complexity index is 1420. The Kier molecular flexibility index (Phi) is 7.35. The summed E-state index contributed by atoms with van der Waals surface area (Å²) in [5.74, 6) is -0.678. The average Bonchev–Trinajstić information content (AvgIpc) is 3.28. The smallest absolute Gasteiger partial charge is 0.288 e.